The molecule has 0 aromatic carbocycles. The van der Waals surface area contributed by atoms with Crippen LogP contribution in [0.2, 0.25) is 0 Å². The van der Waals surface area contributed by atoms with Gasteiger partial charge in [0.2, 0.25) is 0 Å². The standard InChI is InChI=1S/2C12H12N2.ClH.Ru/c2*1-9-3-5-13-11(7-9)12-8-10(2)4-6-14-12;;/h2*3-8H,1-2H3;1H;/q;;;+2/p-1. The summed E-state index contributed by atoms with van der Waals surface area (Å²) >= 11 is 0. The van der Waals surface area contributed by atoms with Crippen molar-refractivity contribution in [1.82, 2.24) is 19.9 Å². The number of aryl methyl sites for hydroxylation is 4. The first-order valence-corrected chi connectivity index (χ1v) is 9.22. The molecule has 4 aromatic rings. The molecule has 0 aliphatic rings. The maximum atomic E-state index is 4.29. The van der Waals surface area contributed by atoms with Gasteiger partial charge in [0.15, 0.2) is 0 Å². The van der Waals surface area contributed by atoms with Gasteiger partial charge in [-0.3, -0.25) is 19.9 Å². The summed E-state index contributed by atoms with van der Waals surface area (Å²) in [6.45, 7) is 8.23. The molecule has 0 bridgehead atoms. The fourth-order valence-electron chi connectivity index (χ4n) is 2.70. The van der Waals surface area contributed by atoms with E-state index in [9.17, 15) is 0 Å². The Hall–Kier alpha value is -2.49. The van der Waals surface area contributed by atoms with Crippen molar-refractivity contribution < 1.29 is 31.9 Å². The number of halogens is 1. The van der Waals surface area contributed by atoms with Crippen molar-refractivity contribution in [3.05, 3.63) is 95.6 Å². The van der Waals surface area contributed by atoms with Crippen LogP contribution in [0.4, 0.5) is 0 Å². The summed E-state index contributed by atoms with van der Waals surface area (Å²) in [5.41, 5.74) is 8.58. The smallest absolute Gasteiger partial charge is 1.00 e. The van der Waals surface area contributed by atoms with E-state index in [2.05, 4.69) is 47.6 Å². The summed E-state index contributed by atoms with van der Waals surface area (Å²) in [6.07, 6.45) is 7.26. The SMILES string of the molecule is Cc1ccnc(-c2cc(C)ccn2)c1.Cc1ccnc(-c2cc(C)ccn2)c1.[Cl-].[Ru+2]. The molecular formula is C24H24ClN4Ru+. The van der Waals surface area contributed by atoms with Gasteiger partial charge in [-0.1, -0.05) is 0 Å². The molecule has 6 heteroatoms. The molecule has 30 heavy (non-hydrogen) atoms. The summed E-state index contributed by atoms with van der Waals surface area (Å²) in [4.78, 5) is 17.2. The number of pyridine rings is 4. The van der Waals surface area contributed by atoms with Crippen LogP contribution in [-0.4, -0.2) is 19.9 Å². The molecule has 4 heterocycles. The van der Waals surface area contributed by atoms with Gasteiger partial charge in [0.25, 0.3) is 0 Å². The minimum absolute atomic E-state index is 0. The molecule has 0 saturated carbocycles. The van der Waals surface area contributed by atoms with E-state index in [1.807, 2.05) is 73.3 Å². The second-order valence-corrected chi connectivity index (χ2v) is 6.87. The van der Waals surface area contributed by atoms with E-state index in [1.54, 1.807) is 0 Å². The van der Waals surface area contributed by atoms with Crippen LogP contribution in [0.1, 0.15) is 22.3 Å². The van der Waals surface area contributed by atoms with Crippen LogP contribution in [0, 0.1) is 27.7 Å². The number of hydrogen-bond donors (Lipinski definition) is 0. The second-order valence-electron chi connectivity index (χ2n) is 6.87. The van der Waals surface area contributed by atoms with Crippen LogP contribution in [0.25, 0.3) is 22.8 Å². The Morgan fingerprint density at radius 2 is 0.633 bits per heavy atom. The van der Waals surface area contributed by atoms with Gasteiger partial charge in [-0.05, 0) is 98.5 Å². The Bertz CT molecular complexity index is 912. The molecule has 0 unspecified atom stereocenters. The van der Waals surface area contributed by atoms with Gasteiger partial charge >= 0.3 is 19.5 Å². The number of nitrogens with zero attached hydrogens (tertiary/aromatic N) is 4. The normalized spacial score (nSPS) is 9.47. The molecule has 0 spiro atoms. The van der Waals surface area contributed by atoms with Gasteiger partial charge in [0.05, 0.1) is 22.8 Å². The zero-order chi connectivity index (χ0) is 19.9. The Morgan fingerprint density at radius 3 is 0.800 bits per heavy atom. The van der Waals surface area contributed by atoms with E-state index in [0.29, 0.717) is 0 Å². The van der Waals surface area contributed by atoms with Crippen molar-refractivity contribution in [3.8, 4) is 22.8 Å². The topological polar surface area (TPSA) is 51.6 Å². The maximum absolute atomic E-state index is 4.29. The van der Waals surface area contributed by atoms with Crippen LogP contribution in [0.15, 0.2) is 73.3 Å². The van der Waals surface area contributed by atoms with Crippen molar-refractivity contribution in [2.24, 2.45) is 0 Å². The number of rotatable bonds is 2. The fourth-order valence-corrected chi connectivity index (χ4v) is 2.70. The third-order valence-electron chi connectivity index (χ3n) is 4.19. The zero-order valence-electron chi connectivity index (χ0n) is 17.4. The van der Waals surface area contributed by atoms with Crippen LogP contribution >= 0.6 is 0 Å². The Labute approximate surface area is 197 Å². The average molecular weight is 505 g/mol. The summed E-state index contributed by atoms with van der Waals surface area (Å²) in [6, 6.07) is 16.1. The molecule has 0 aliphatic carbocycles. The van der Waals surface area contributed by atoms with Gasteiger partial charge in [-0.2, -0.15) is 0 Å². The first kappa shape index (κ1) is 25.5. The third-order valence-corrected chi connectivity index (χ3v) is 4.19. The molecule has 0 N–H and O–H groups in total. The first-order chi connectivity index (χ1) is 13.5. The molecule has 0 atom stereocenters. The van der Waals surface area contributed by atoms with Gasteiger partial charge in [0, 0.05) is 24.8 Å². The summed E-state index contributed by atoms with van der Waals surface area (Å²) in [5.74, 6) is 0. The number of hydrogen-bond acceptors (Lipinski definition) is 4. The molecule has 0 radical (unpaired) electrons. The maximum Gasteiger partial charge on any atom is 2.00 e. The van der Waals surface area contributed by atoms with Crippen LogP contribution in [0.3, 0.4) is 0 Å². The van der Waals surface area contributed by atoms with E-state index in [1.165, 1.54) is 22.3 Å². The largest absolute Gasteiger partial charge is 2.00 e. The minimum atomic E-state index is 0. The van der Waals surface area contributed by atoms with E-state index >= 15 is 0 Å². The molecule has 0 saturated heterocycles. The van der Waals surface area contributed by atoms with Crippen molar-refractivity contribution >= 4 is 0 Å². The molecule has 4 nitrogen and oxygen atoms in total. The quantitative estimate of drug-likeness (QED) is 0.394. The molecule has 4 aromatic heterocycles. The number of aromatic nitrogens is 4. The van der Waals surface area contributed by atoms with Crippen molar-refractivity contribution in [1.29, 1.82) is 0 Å². The minimum Gasteiger partial charge on any atom is -1.00 e. The molecular weight excluding hydrogens is 481 g/mol. The van der Waals surface area contributed by atoms with E-state index in [4.69, 9.17) is 0 Å². The first-order valence-electron chi connectivity index (χ1n) is 9.22. The molecule has 154 valence electrons. The van der Waals surface area contributed by atoms with E-state index < -0.39 is 0 Å². The summed E-state index contributed by atoms with van der Waals surface area (Å²) in [7, 11) is 0. The Morgan fingerprint density at radius 1 is 0.433 bits per heavy atom. The van der Waals surface area contributed by atoms with Gasteiger partial charge in [0.1, 0.15) is 0 Å². The zero-order valence-corrected chi connectivity index (χ0v) is 19.9. The van der Waals surface area contributed by atoms with Crippen molar-refractivity contribution in [2.75, 3.05) is 0 Å². The monoisotopic (exact) mass is 505 g/mol. The molecule has 0 aliphatic heterocycles. The van der Waals surface area contributed by atoms with Gasteiger partial charge in [-0.15, -0.1) is 0 Å². The summed E-state index contributed by atoms with van der Waals surface area (Å²) in [5, 5.41) is 0. The Balaban J connectivity index is 0.000000281. The predicted octanol–water partition coefficient (Wildman–Crippen LogP) is 2.52. The van der Waals surface area contributed by atoms with Crippen LogP contribution in [-0.2, 0) is 19.5 Å². The predicted molar refractivity (Wildman–Crippen MR) is 114 cm³/mol. The Kier molecular flexibility index (Phi) is 10.4. The molecule has 0 fully saturated rings. The fraction of sp³-hybridized carbons (Fsp3) is 0.167. The molecule has 0 amide bonds. The second kappa shape index (κ2) is 12.3. The van der Waals surface area contributed by atoms with E-state index in [0.717, 1.165) is 22.8 Å². The van der Waals surface area contributed by atoms with Gasteiger partial charge < -0.3 is 12.4 Å². The van der Waals surface area contributed by atoms with Gasteiger partial charge in [-0.25, -0.2) is 0 Å². The van der Waals surface area contributed by atoms with Crippen LogP contribution < -0.4 is 12.4 Å². The van der Waals surface area contributed by atoms with E-state index in [-0.39, 0.29) is 31.9 Å². The average Bonchev–Trinajstić information content (AvgIpc) is 2.69. The van der Waals surface area contributed by atoms with Crippen molar-refractivity contribution in [2.45, 2.75) is 27.7 Å². The summed E-state index contributed by atoms with van der Waals surface area (Å²) < 4.78 is 0. The van der Waals surface area contributed by atoms with Crippen molar-refractivity contribution in [3.63, 3.8) is 0 Å². The van der Waals surface area contributed by atoms with Crippen LogP contribution in [0.5, 0.6) is 0 Å². The third kappa shape index (κ3) is 7.40. The molecule has 4 rings (SSSR count).